The lowest BCUT2D eigenvalue weighted by atomic mass is 10.2. The van der Waals surface area contributed by atoms with E-state index in [0.29, 0.717) is 16.8 Å². The fraction of sp³-hybridized carbons (Fsp3) is 0.118. The Labute approximate surface area is 149 Å². The fourth-order valence-corrected chi connectivity index (χ4v) is 2.21. The molecule has 0 spiro atoms. The molecule has 0 saturated heterocycles. The molecule has 0 aliphatic heterocycles. The summed E-state index contributed by atoms with van der Waals surface area (Å²) < 4.78 is 4.99. The van der Waals surface area contributed by atoms with Gasteiger partial charge in [0.05, 0.1) is 18.3 Å². The van der Waals surface area contributed by atoms with Crippen LogP contribution in [0.3, 0.4) is 0 Å². The van der Waals surface area contributed by atoms with Crippen LogP contribution in [0, 0.1) is 0 Å². The van der Waals surface area contributed by atoms with Crippen molar-refractivity contribution in [3.63, 3.8) is 0 Å². The zero-order valence-electron chi connectivity index (χ0n) is 13.5. The molecule has 0 atom stereocenters. The molecule has 0 aliphatic carbocycles. The van der Waals surface area contributed by atoms with Crippen LogP contribution in [0.1, 0.15) is 22.8 Å². The summed E-state index contributed by atoms with van der Waals surface area (Å²) in [6.45, 7) is 1.38. The summed E-state index contributed by atoms with van der Waals surface area (Å²) in [7, 11) is 1.40. The SMILES string of the molecule is COc1cc(/C=N/NC(=O)c2cccc(NC(C)=O)c2)cc(Cl)c1O. The number of aromatic hydroxyl groups is 1. The molecule has 2 aromatic rings. The molecule has 0 saturated carbocycles. The molecule has 0 radical (unpaired) electrons. The highest BCUT2D eigenvalue weighted by atomic mass is 35.5. The van der Waals surface area contributed by atoms with E-state index in [0.717, 1.165) is 0 Å². The Bertz CT molecular complexity index is 837. The highest BCUT2D eigenvalue weighted by Crippen LogP contribution is 2.34. The first kappa shape index (κ1) is 18.3. The van der Waals surface area contributed by atoms with Gasteiger partial charge in [-0.3, -0.25) is 9.59 Å². The molecular weight excluding hydrogens is 346 g/mol. The molecule has 2 aromatic carbocycles. The molecule has 0 aromatic heterocycles. The van der Waals surface area contributed by atoms with Crippen molar-refractivity contribution in [2.45, 2.75) is 6.92 Å². The number of halogens is 1. The van der Waals surface area contributed by atoms with Gasteiger partial charge in [-0.15, -0.1) is 0 Å². The Kier molecular flexibility index (Phi) is 5.97. The largest absolute Gasteiger partial charge is 0.503 e. The second kappa shape index (κ2) is 8.16. The van der Waals surface area contributed by atoms with Crippen LogP contribution in [0.5, 0.6) is 11.5 Å². The topological polar surface area (TPSA) is 100 Å². The van der Waals surface area contributed by atoms with Crippen LogP contribution in [0.15, 0.2) is 41.5 Å². The molecule has 7 nitrogen and oxygen atoms in total. The molecular formula is C17H16ClN3O4. The lowest BCUT2D eigenvalue weighted by Crippen LogP contribution is -2.18. The number of nitrogens with one attached hydrogen (secondary N) is 2. The van der Waals surface area contributed by atoms with Gasteiger partial charge < -0.3 is 15.2 Å². The minimum atomic E-state index is -0.444. The third kappa shape index (κ3) is 4.95. The van der Waals surface area contributed by atoms with Crippen molar-refractivity contribution in [2.24, 2.45) is 5.10 Å². The van der Waals surface area contributed by atoms with Crippen LogP contribution in [0.25, 0.3) is 0 Å². The van der Waals surface area contributed by atoms with E-state index in [-0.39, 0.29) is 22.4 Å². The minimum Gasteiger partial charge on any atom is -0.503 e. The molecule has 0 fully saturated rings. The number of phenols is 1. The first-order chi connectivity index (χ1) is 11.9. The van der Waals surface area contributed by atoms with E-state index in [4.69, 9.17) is 16.3 Å². The number of benzene rings is 2. The van der Waals surface area contributed by atoms with Gasteiger partial charge >= 0.3 is 0 Å². The second-order valence-electron chi connectivity index (χ2n) is 5.01. The molecule has 2 amide bonds. The van der Waals surface area contributed by atoms with E-state index < -0.39 is 5.91 Å². The predicted molar refractivity (Wildman–Crippen MR) is 95.5 cm³/mol. The lowest BCUT2D eigenvalue weighted by molar-refractivity contribution is -0.114. The summed E-state index contributed by atoms with van der Waals surface area (Å²) in [5, 5.41) is 16.2. The summed E-state index contributed by atoms with van der Waals surface area (Å²) in [5.74, 6) is -0.641. The molecule has 25 heavy (non-hydrogen) atoms. The number of amides is 2. The van der Waals surface area contributed by atoms with Crippen molar-refractivity contribution < 1.29 is 19.4 Å². The van der Waals surface area contributed by atoms with Crippen LogP contribution in [0.4, 0.5) is 5.69 Å². The summed E-state index contributed by atoms with van der Waals surface area (Å²) >= 11 is 5.88. The third-order valence-corrected chi connectivity index (χ3v) is 3.38. The van der Waals surface area contributed by atoms with Gasteiger partial charge in [0.2, 0.25) is 5.91 Å². The van der Waals surface area contributed by atoms with Gasteiger partial charge in [-0.2, -0.15) is 5.10 Å². The molecule has 2 rings (SSSR count). The maximum atomic E-state index is 12.1. The van der Waals surface area contributed by atoms with Crippen molar-refractivity contribution in [1.29, 1.82) is 0 Å². The molecule has 3 N–H and O–H groups in total. The Morgan fingerprint density at radius 3 is 2.72 bits per heavy atom. The average Bonchev–Trinajstić information content (AvgIpc) is 2.57. The van der Waals surface area contributed by atoms with E-state index >= 15 is 0 Å². The monoisotopic (exact) mass is 361 g/mol. The predicted octanol–water partition coefficient (Wildman–Crippen LogP) is 2.78. The quantitative estimate of drug-likeness (QED) is 0.563. The van der Waals surface area contributed by atoms with E-state index in [1.165, 1.54) is 38.4 Å². The van der Waals surface area contributed by atoms with Crippen molar-refractivity contribution >= 4 is 35.3 Å². The lowest BCUT2D eigenvalue weighted by Gasteiger charge is -2.06. The Morgan fingerprint density at radius 1 is 1.28 bits per heavy atom. The number of hydrazone groups is 1. The first-order valence-electron chi connectivity index (χ1n) is 7.18. The molecule has 0 heterocycles. The number of hydrogen-bond acceptors (Lipinski definition) is 5. The fourth-order valence-electron chi connectivity index (χ4n) is 2.00. The zero-order valence-corrected chi connectivity index (χ0v) is 14.3. The van der Waals surface area contributed by atoms with Gasteiger partial charge in [0.15, 0.2) is 11.5 Å². The molecule has 0 unspecified atom stereocenters. The van der Waals surface area contributed by atoms with Gasteiger partial charge in [-0.05, 0) is 35.9 Å². The first-order valence-corrected chi connectivity index (χ1v) is 7.56. The van der Waals surface area contributed by atoms with Gasteiger partial charge in [0.25, 0.3) is 5.91 Å². The molecule has 8 heteroatoms. The number of ether oxygens (including phenoxy) is 1. The average molecular weight is 362 g/mol. The van der Waals surface area contributed by atoms with Crippen molar-refractivity contribution in [3.8, 4) is 11.5 Å². The van der Waals surface area contributed by atoms with Gasteiger partial charge in [-0.25, -0.2) is 5.43 Å². The van der Waals surface area contributed by atoms with Gasteiger partial charge in [0, 0.05) is 18.2 Å². The van der Waals surface area contributed by atoms with E-state index in [1.54, 1.807) is 18.2 Å². The highest BCUT2D eigenvalue weighted by molar-refractivity contribution is 6.32. The van der Waals surface area contributed by atoms with Crippen molar-refractivity contribution in [3.05, 3.63) is 52.5 Å². The number of rotatable bonds is 5. The Morgan fingerprint density at radius 2 is 2.04 bits per heavy atom. The highest BCUT2D eigenvalue weighted by Gasteiger charge is 2.08. The number of hydrogen-bond donors (Lipinski definition) is 3. The van der Waals surface area contributed by atoms with Crippen LogP contribution in [-0.2, 0) is 4.79 Å². The zero-order chi connectivity index (χ0) is 18.4. The van der Waals surface area contributed by atoms with Crippen molar-refractivity contribution in [1.82, 2.24) is 5.43 Å². The van der Waals surface area contributed by atoms with Gasteiger partial charge in [-0.1, -0.05) is 17.7 Å². The number of methoxy groups -OCH3 is 1. The van der Waals surface area contributed by atoms with E-state index in [9.17, 15) is 14.7 Å². The number of carbonyl (C=O) groups excluding carboxylic acids is 2. The van der Waals surface area contributed by atoms with Crippen LogP contribution >= 0.6 is 11.6 Å². The third-order valence-electron chi connectivity index (χ3n) is 3.10. The summed E-state index contributed by atoms with van der Waals surface area (Å²) in [4.78, 5) is 23.1. The minimum absolute atomic E-state index is 0.107. The van der Waals surface area contributed by atoms with Crippen LogP contribution in [0.2, 0.25) is 5.02 Å². The summed E-state index contributed by atoms with van der Waals surface area (Å²) in [6, 6.07) is 9.45. The number of carbonyl (C=O) groups is 2. The van der Waals surface area contributed by atoms with Crippen molar-refractivity contribution in [2.75, 3.05) is 12.4 Å². The van der Waals surface area contributed by atoms with Gasteiger partial charge in [0.1, 0.15) is 0 Å². The second-order valence-corrected chi connectivity index (χ2v) is 5.42. The smallest absolute Gasteiger partial charge is 0.271 e. The number of anilines is 1. The van der Waals surface area contributed by atoms with Crippen LogP contribution < -0.4 is 15.5 Å². The maximum absolute atomic E-state index is 12.1. The van der Waals surface area contributed by atoms with E-state index in [1.807, 2.05) is 0 Å². The normalized spacial score (nSPS) is 10.5. The number of nitrogens with zero attached hydrogens (tertiary/aromatic N) is 1. The standard InChI is InChI=1S/C17H16ClN3O4/c1-10(22)20-13-5-3-4-12(8-13)17(24)21-19-9-11-6-14(18)16(23)15(7-11)25-2/h3-9,23H,1-2H3,(H,20,22)(H,21,24)/b19-9+. The van der Waals surface area contributed by atoms with E-state index in [2.05, 4.69) is 15.8 Å². The Balaban J connectivity index is 2.08. The molecule has 130 valence electrons. The van der Waals surface area contributed by atoms with Crippen LogP contribution in [-0.4, -0.2) is 30.2 Å². The summed E-state index contributed by atoms with van der Waals surface area (Å²) in [6.07, 6.45) is 1.36. The summed E-state index contributed by atoms with van der Waals surface area (Å²) in [5.41, 5.74) is 3.76. The Hall–Kier alpha value is -3.06. The molecule has 0 aliphatic rings. The number of phenolic OH excluding ortho intramolecular Hbond substituents is 1. The maximum Gasteiger partial charge on any atom is 0.271 e. The molecule has 0 bridgehead atoms.